The number of alkyl halides is 3. The second kappa shape index (κ2) is 13.8. The maximum atomic E-state index is 14.2. The Morgan fingerprint density at radius 1 is 1.14 bits per heavy atom. The number of nitrogens with one attached hydrogen (secondary N) is 2. The number of likely N-dealkylation sites (tertiary alicyclic amines) is 1. The van der Waals surface area contributed by atoms with Crippen LogP contribution >= 0.6 is 0 Å². The Balaban J connectivity index is 1.47. The number of hydrogen-bond acceptors (Lipinski definition) is 7. The van der Waals surface area contributed by atoms with Gasteiger partial charge in [0.2, 0.25) is 17.7 Å². The van der Waals surface area contributed by atoms with Gasteiger partial charge in [-0.05, 0) is 68.4 Å². The molecule has 2 aliphatic rings. The van der Waals surface area contributed by atoms with Crippen LogP contribution < -0.4 is 15.4 Å². The number of ether oxygens (including phenoxy) is 1. The first-order valence-corrected chi connectivity index (χ1v) is 16.0. The summed E-state index contributed by atoms with van der Waals surface area (Å²) < 4.78 is 47.2. The Hall–Kier alpha value is -5.01. The number of hydrogen-bond donors (Lipinski definition) is 2. The molecule has 0 spiro atoms. The third-order valence-electron chi connectivity index (χ3n) is 9.20. The average Bonchev–Trinajstić information content (AvgIpc) is 3.46. The van der Waals surface area contributed by atoms with Gasteiger partial charge in [0.1, 0.15) is 35.5 Å². The molecule has 260 valence electrons. The minimum Gasteiger partial charge on any atom is -0.497 e. The summed E-state index contributed by atoms with van der Waals surface area (Å²) in [4.78, 5) is 58.3. The van der Waals surface area contributed by atoms with Gasteiger partial charge < -0.3 is 20.3 Å². The highest BCUT2D eigenvalue weighted by atomic mass is 19.4. The number of methoxy groups -OCH3 is 1. The molecule has 14 heteroatoms. The predicted molar refractivity (Wildman–Crippen MR) is 176 cm³/mol. The van der Waals surface area contributed by atoms with Crippen LogP contribution in [-0.2, 0) is 33.5 Å². The van der Waals surface area contributed by atoms with E-state index in [1.807, 2.05) is 0 Å². The van der Waals surface area contributed by atoms with Crippen molar-refractivity contribution in [1.82, 2.24) is 25.0 Å². The summed E-state index contributed by atoms with van der Waals surface area (Å²) in [5, 5.41) is 10.5. The summed E-state index contributed by atoms with van der Waals surface area (Å²) >= 11 is 0. The number of pyridine rings is 1. The van der Waals surface area contributed by atoms with Gasteiger partial charge in [0.05, 0.1) is 12.6 Å². The summed E-state index contributed by atoms with van der Waals surface area (Å²) in [6.45, 7) is 10.3. The van der Waals surface area contributed by atoms with E-state index in [1.54, 1.807) is 24.3 Å². The first kappa shape index (κ1) is 35.3. The van der Waals surface area contributed by atoms with Gasteiger partial charge in [-0.2, -0.15) is 18.3 Å². The highest BCUT2D eigenvalue weighted by Gasteiger charge is 2.67. The molecule has 0 bridgehead atoms. The molecule has 0 radical (unpaired) electrons. The molecule has 5 rings (SSSR count). The zero-order valence-corrected chi connectivity index (χ0v) is 27.7. The number of rotatable bonds is 14. The van der Waals surface area contributed by atoms with Crippen molar-refractivity contribution >= 4 is 40.2 Å². The van der Waals surface area contributed by atoms with E-state index in [4.69, 9.17) is 4.74 Å². The standard InChI is InChI=1S/C35H39F3N6O5/c1-6-8-9-11-28(46)39-19-34-16-25(33(48)41-32-20(3)12-13-26(40-32)35(36,37)38)44(27(34)17-34)29(47)18-43-31-22(10-7-2)14-23(49-5)15-24(31)30(42-43)21(4)45/h6-7,12-15,25,27H,1-2,8-11,16-19H2,3-5H3,(H,39,46)(H,40,41,48)/t25-,27+,34-/m0/s1. The minimum atomic E-state index is -4.72. The number of benzene rings is 1. The number of unbranched alkanes of at least 4 members (excludes halogenated alkanes) is 1. The lowest BCUT2D eigenvalue weighted by Gasteiger charge is -2.27. The molecular formula is C35H39F3N6O5. The van der Waals surface area contributed by atoms with Gasteiger partial charge in [-0.1, -0.05) is 18.2 Å². The minimum absolute atomic E-state index is 0.147. The lowest BCUT2D eigenvalue weighted by Crippen LogP contribution is -2.47. The SMILES string of the molecule is C=CCCCC(=O)NC[C@@]12C[C@@H](C(=O)Nc3nc(C(F)(F)F)ccc3C)N(C(=O)Cn3nc(C(C)=O)c4cc(OC)cc(CC=C)c43)[C@@H]1C2. The summed E-state index contributed by atoms with van der Waals surface area (Å²) in [5.41, 5.74) is -0.0382. The Morgan fingerprint density at radius 3 is 2.55 bits per heavy atom. The normalized spacial score (nSPS) is 19.7. The van der Waals surface area contributed by atoms with Crippen molar-refractivity contribution in [3.63, 3.8) is 0 Å². The van der Waals surface area contributed by atoms with E-state index in [0.717, 1.165) is 11.6 Å². The molecule has 0 unspecified atom stereocenters. The number of aryl methyl sites for hydroxylation is 1. The zero-order valence-electron chi connectivity index (χ0n) is 27.7. The molecule has 1 aromatic carbocycles. The van der Waals surface area contributed by atoms with E-state index < -0.39 is 41.2 Å². The summed E-state index contributed by atoms with van der Waals surface area (Å²) in [6.07, 6.45) is 1.38. The van der Waals surface area contributed by atoms with Crippen molar-refractivity contribution < 1.29 is 37.1 Å². The third-order valence-corrected chi connectivity index (χ3v) is 9.20. The number of aromatic nitrogens is 3. The highest BCUT2D eigenvalue weighted by molar-refractivity contribution is 6.06. The van der Waals surface area contributed by atoms with Gasteiger partial charge in [0.25, 0.3) is 0 Å². The van der Waals surface area contributed by atoms with Crippen LogP contribution in [0.4, 0.5) is 19.0 Å². The van der Waals surface area contributed by atoms with Crippen LogP contribution in [0.15, 0.2) is 49.6 Å². The fourth-order valence-corrected chi connectivity index (χ4v) is 6.64. The number of Topliss-reactive ketones (excluding diaryl/α,β-unsaturated/α-hetero) is 1. The van der Waals surface area contributed by atoms with Crippen LogP contribution in [-0.4, -0.2) is 68.9 Å². The predicted octanol–water partition coefficient (Wildman–Crippen LogP) is 5.17. The molecular weight excluding hydrogens is 641 g/mol. The molecule has 1 aliphatic carbocycles. The fraction of sp³-hybridized carbons (Fsp3) is 0.429. The Kier molecular flexibility index (Phi) is 9.97. The van der Waals surface area contributed by atoms with Crippen LogP contribution in [0.1, 0.15) is 66.3 Å². The van der Waals surface area contributed by atoms with E-state index in [2.05, 4.69) is 33.9 Å². The van der Waals surface area contributed by atoms with Gasteiger partial charge in [-0.3, -0.25) is 23.9 Å². The molecule has 1 saturated heterocycles. The number of ketones is 1. The Morgan fingerprint density at radius 2 is 1.90 bits per heavy atom. The molecule has 3 aromatic rings. The number of halogens is 3. The van der Waals surface area contributed by atoms with E-state index in [0.29, 0.717) is 54.3 Å². The van der Waals surface area contributed by atoms with E-state index in [9.17, 15) is 32.3 Å². The quantitative estimate of drug-likeness (QED) is 0.136. The van der Waals surface area contributed by atoms with Crippen molar-refractivity contribution in [1.29, 1.82) is 0 Å². The number of nitrogens with zero attached hydrogens (tertiary/aromatic N) is 4. The molecule has 2 aromatic heterocycles. The lowest BCUT2D eigenvalue weighted by atomic mass is 9.98. The smallest absolute Gasteiger partial charge is 0.433 e. The van der Waals surface area contributed by atoms with Gasteiger partial charge in [0.15, 0.2) is 5.78 Å². The molecule has 1 aliphatic heterocycles. The monoisotopic (exact) mass is 680 g/mol. The van der Waals surface area contributed by atoms with Crippen LogP contribution in [0.3, 0.4) is 0 Å². The van der Waals surface area contributed by atoms with Crippen LogP contribution in [0.5, 0.6) is 5.75 Å². The van der Waals surface area contributed by atoms with Gasteiger partial charge in [0, 0.05) is 36.7 Å². The summed E-state index contributed by atoms with van der Waals surface area (Å²) in [6, 6.07) is 4.01. The van der Waals surface area contributed by atoms with Gasteiger partial charge in [-0.15, -0.1) is 13.2 Å². The molecule has 11 nitrogen and oxygen atoms in total. The molecule has 3 atom stereocenters. The zero-order chi connectivity index (χ0) is 35.7. The Bertz CT molecular complexity index is 1840. The molecule has 3 amide bonds. The lowest BCUT2D eigenvalue weighted by molar-refractivity contribution is -0.141. The van der Waals surface area contributed by atoms with Gasteiger partial charge >= 0.3 is 6.18 Å². The second-order valence-electron chi connectivity index (χ2n) is 12.6. The topological polar surface area (TPSA) is 136 Å². The average molecular weight is 681 g/mol. The molecule has 3 heterocycles. The number of amides is 3. The first-order chi connectivity index (χ1) is 23.2. The second-order valence-corrected chi connectivity index (χ2v) is 12.6. The molecule has 2 N–H and O–H groups in total. The molecule has 49 heavy (non-hydrogen) atoms. The van der Waals surface area contributed by atoms with E-state index in [1.165, 1.54) is 36.6 Å². The highest BCUT2D eigenvalue weighted by Crippen LogP contribution is 2.59. The first-order valence-electron chi connectivity index (χ1n) is 16.0. The number of piperidine rings is 1. The molecule has 2 fully saturated rings. The van der Waals surface area contributed by atoms with Crippen LogP contribution in [0.25, 0.3) is 10.9 Å². The van der Waals surface area contributed by atoms with Crippen LogP contribution in [0.2, 0.25) is 0 Å². The van der Waals surface area contributed by atoms with Crippen molar-refractivity contribution in [3.8, 4) is 5.75 Å². The van der Waals surface area contributed by atoms with Crippen molar-refractivity contribution in [3.05, 3.63) is 72.1 Å². The summed E-state index contributed by atoms with van der Waals surface area (Å²) in [5.74, 6) is -1.41. The van der Waals surface area contributed by atoms with E-state index >= 15 is 0 Å². The maximum Gasteiger partial charge on any atom is 0.433 e. The number of allylic oxidation sites excluding steroid dienone is 2. The van der Waals surface area contributed by atoms with Gasteiger partial charge in [-0.25, -0.2) is 4.98 Å². The van der Waals surface area contributed by atoms with Crippen LogP contribution in [0, 0.1) is 12.3 Å². The Labute approximate surface area is 281 Å². The maximum absolute atomic E-state index is 14.2. The van der Waals surface area contributed by atoms with Crippen molar-refractivity contribution in [2.24, 2.45) is 5.41 Å². The largest absolute Gasteiger partial charge is 0.497 e. The van der Waals surface area contributed by atoms with Crippen molar-refractivity contribution in [2.75, 3.05) is 19.0 Å². The molecule has 1 saturated carbocycles. The number of carbonyl (C=O) groups excluding carboxylic acids is 4. The number of fused-ring (bicyclic) bond motifs is 2. The summed E-state index contributed by atoms with van der Waals surface area (Å²) in [7, 11) is 1.50. The fourth-order valence-electron chi connectivity index (χ4n) is 6.64. The van der Waals surface area contributed by atoms with E-state index in [-0.39, 0.29) is 42.7 Å². The number of carbonyl (C=O) groups is 4. The third kappa shape index (κ3) is 7.22. The van der Waals surface area contributed by atoms with Crippen molar-refractivity contribution in [2.45, 2.75) is 77.2 Å². The number of anilines is 1.